The topological polar surface area (TPSA) is 126 Å². The van der Waals surface area contributed by atoms with Crippen molar-refractivity contribution in [1.29, 1.82) is 0 Å². The number of hydrogen-bond acceptors (Lipinski definition) is 7. The molecule has 4 aliphatic heterocycles. The molecule has 2 amide bonds. The van der Waals surface area contributed by atoms with Crippen molar-refractivity contribution >= 4 is 42.8 Å². The lowest BCUT2D eigenvalue weighted by Gasteiger charge is -2.39. The van der Waals surface area contributed by atoms with E-state index in [-0.39, 0.29) is 22.4 Å². The van der Waals surface area contributed by atoms with Crippen molar-refractivity contribution in [2.75, 3.05) is 39.3 Å². The predicted octanol–water partition coefficient (Wildman–Crippen LogP) is 3.65. The molecule has 0 radical (unpaired) electrons. The van der Waals surface area contributed by atoms with Gasteiger partial charge < -0.3 is 24.3 Å². The lowest BCUT2D eigenvalue weighted by Crippen LogP contribution is -2.48. The smallest absolute Gasteiger partial charge is 0.409 e. The lowest BCUT2D eigenvalue weighted by molar-refractivity contribution is -0.113. The number of thioether (sulfide) groups is 1. The van der Waals surface area contributed by atoms with Crippen LogP contribution in [0.3, 0.4) is 0 Å². The average Bonchev–Trinajstić information content (AvgIpc) is 3.30. The number of hydrazine groups is 1. The minimum atomic E-state index is -4.58. The summed E-state index contributed by atoms with van der Waals surface area (Å²) >= 11 is 0.967. The van der Waals surface area contributed by atoms with Crippen molar-refractivity contribution < 1.29 is 33.1 Å². The third-order valence-electron chi connectivity index (χ3n) is 7.48. The molecule has 11 nitrogen and oxygen atoms in total. The maximum Gasteiger partial charge on any atom is 0.420 e. The molecule has 39 heavy (non-hydrogen) atoms. The zero-order chi connectivity index (χ0) is 27.6. The number of carbonyl (C=O) groups excluding carboxylic acids is 2. The van der Waals surface area contributed by atoms with Crippen molar-refractivity contribution in [3.8, 4) is 5.75 Å². The summed E-state index contributed by atoms with van der Waals surface area (Å²) in [5.74, 6) is -1.19. The van der Waals surface area contributed by atoms with Crippen LogP contribution in [-0.4, -0.2) is 91.9 Å². The molecule has 5 rings (SSSR count). The highest BCUT2D eigenvalue weighted by molar-refractivity contribution is 8.18. The van der Waals surface area contributed by atoms with Crippen LogP contribution in [0.1, 0.15) is 50.5 Å². The van der Waals surface area contributed by atoms with E-state index in [9.17, 15) is 28.3 Å². The Morgan fingerprint density at radius 3 is 2.46 bits per heavy atom. The minimum absolute atomic E-state index is 0.0117. The second kappa shape index (κ2) is 12.1. The Hall–Kier alpha value is -2.28. The number of carbonyl (C=O) groups is 2. The van der Waals surface area contributed by atoms with E-state index in [1.165, 1.54) is 42.5 Å². The van der Waals surface area contributed by atoms with Crippen molar-refractivity contribution in [3.63, 3.8) is 0 Å². The van der Waals surface area contributed by atoms with Crippen molar-refractivity contribution in [3.05, 3.63) is 34.5 Å². The van der Waals surface area contributed by atoms with Gasteiger partial charge in [0.25, 0.3) is 5.91 Å². The van der Waals surface area contributed by atoms with Crippen molar-refractivity contribution in [2.24, 2.45) is 4.99 Å². The highest BCUT2D eigenvalue weighted by Crippen LogP contribution is 2.45. The highest BCUT2D eigenvalue weighted by Gasteiger charge is 2.38. The monoisotopic (exact) mass is 581 g/mol. The Labute approximate surface area is 230 Å². The Morgan fingerprint density at radius 1 is 1.05 bits per heavy atom. The third-order valence-corrected chi connectivity index (χ3v) is 9.49. The number of aliphatic imine (C=N–C) groups is 1. The Bertz CT molecular complexity index is 1210. The van der Waals surface area contributed by atoms with Crippen LogP contribution < -0.4 is 4.74 Å². The summed E-state index contributed by atoms with van der Waals surface area (Å²) < 4.78 is 32.6. The van der Waals surface area contributed by atoms with Gasteiger partial charge in [-0.25, -0.2) is 13.8 Å². The van der Waals surface area contributed by atoms with Gasteiger partial charge in [0, 0.05) is 43.9 Å². The van der Waals surface area contributed by atoms with E-state index in [4.69, 9.17) is 4.74 Å². The average molecular weight is 582 g/mol. The SMILES string of the molecule is O=C1N=C(N2CCCCN2P(=O)(O)O)S/C1=C\c1ccc(F)cc1OC(=O)N1CCC(N2CCCCC2)CC1. The Kier molecular flexibility index (Phi) is 8.75. The van der Waals surface area contributed by atoms with Gasteiger partial charge >= 0.3 is 13.8 Å². The second-order valence-corrected chi connectivity index (χ2v) is 12.6. The summed E-state index contributed by atoms with van der Waals surface area (Å²) in [4.78, 5) is 53.4. The maximum atomic E-state index is 14.1. The molecule has 1 aromatic carbocycles. The summed E-state index contributed by atoms with van der Waals surface area (Å²) in [6, 6.07) is 4.20. The molecule has 0 spiro atoms. The standard InChI is InChI=1S/C25H33FN5O6PS/c26-19-7-6-18(16-22-23(32)27-24(39-22)30-12-4-5-13-31(30)38(34,35)36)21(17-19)37-25(33)29-14-8-20(9-15-29)28-10-2-1-3-11-28/h6-7,16-17,20H,1-5,8-15H2,(H2,34,35,36)/b22-16-. The maximum absolute atomic E-state index is 14.1. The fourth-order valence-electron chi connectivity index (χ4n) is 5.44. The van der Waals surface area contributed by atoms with E-state index < -0.39 is 25.6 Å². The van der Waals surface area contributed by atoms with E-state index in [0.717, 1.165) is 48.5 Å². The normalized spacial score (nSPS) is 23.4. The van der Waals surface area contributed by atoms with Gasteiger partial charge in [-0.1, -0.05) is 6.42 Å². The molecule has 212 valence electrons. The van der Waals surface area contributed by atoms with Crippen LogP contribution in [0.5, 0.6) is 5.75 Å². The molecule has 14 heteroatoms. The number of amidine groups is 1. The fourth-order valence-corrected chi connectivity index (χ4v) is 7.29. The summed E-state index contributed by atoms with van der Waals surface area (Å²) in [6.45, 7) is 3.78. The Balaban J connectivity index is 1.26. The van der Waals surface area contributed by atoms with Crippen LogP contribution in [0, 0.1) is 5.82 Å². The molecule has 0 atom stereocenters. The van der Waals surface area contributed by atoms with Crippen molar-refractivity contribution in [2.45, 2.75) is 51.0 Å². The van der Waals surface area contributed by atoms with Crippen molar-refractivity contribution in [1.82, 2.24) is 19.6 Å². The molecule has 3 saturated heterocycles. The molecule has 0 aromatic heterocycles. The number of halogens is 1. The van der Waals surface area contributed by atoms with E-state index >= 15 is 0 Å². The van der Waals surface area contributed by atoms with Crippen LogP contribution in [0.2, 0.25) is 0 Å². The fraction of sp³-hybridized carbons (Fsp3) is 0.560. The van der Waals surface area contributed by atoms with Gasteiger partial charge in [-0.3, -0.25) is 9.80 Å². The van der Waals surface area contributed by atoms with Crippen LogP contribution in [0.25, 0.3) is 6.08 Å². The van der Waals surface area contributed by atoms with E-state index in [0.29, 0.717) is 44.1 Å². The molecule has 4 heterocycles. The summed E-state index contributed by atoms with van der Waals surface area (Å²) in [6.07, 6.45) is 7.62. The minimum Gasteiger partial charge on any atom is -0.409 e. The quantitative estimate of drug-likeness (QED) is 0.402. The Morgan fingerprint density at radius 2 is 1.74 bits per heavy atom. The lowest BCUT2D eigenvalue weighted by atomic mass is 10.0. The molecular formula is C25H33FN5O6PS. The molecule has 0 aliphatic carbocycles. The molecule has 0 bridgehead atoms. The molecule has 4 aliphatic rings. The molecule has 2 N–H and O–H groups in total. The molecule has 1 aromatic rings. The third kappa shape index (κ3) is 6.72. The number of benzene rings is 1. The first-order valence-electron chi connectivity index (χ1n) is 13.3. The summed E-state index contributed by atoms with van der Waals surface area (Å²) in [5.41, 5.74) is 0.325. The van der Waals surface area contributed by atoms with Gasteiger partial charge in [0.15, 0.2) is 5.17 Å². The van der Waals surface area contributed by atoms with Gasteiger partial charge in [-0.2, -0.15) is 4.99 Å². The molecule has 0 saturated carbocycles. The second-order valence-electron chi connectivity index (χ2n) is 10.1. The largest absolute Gasteiger partial charge is 0.420 e. The predicted molar refractivity (Wildman–Crippen MR) is 145 cm³/mol. The van der Waals surface area contributed by atoms with Gasteiger partial charge in [-0.05, 0) is 81.6 Å². The molecule has 3 fully saturated rings. The molecular weight excluding hydrogens is 548 g/mol. The first-order chi connectivity index (χ1) is 18.7. The van der Waals surface area contributed by atoms with E-state index in [1.807, 2.05) is 0 Å². The highest BCUT2D eigenvalue weighted by atomic mass is 32.2. The first-order valence-corrected chi connectivity index (χ1v) is 15.7. The van der Waals surface area contributed by atoms with Crippen LogP contribution in [-0.2, 0) is 9.36 Å². The first kappa shape index (κ1) is 28.3. The number of amides is 2. The van der Waals surface area contributed by atoms with E-state index in [1.54, 1.807) is 4.90 Å². The number of nitrogens with zero attached hydrogens (tertiary/aromatic N) is 5. The number of likely N-dealkylation sites (tertiary alicyclic amines) is 2. The van der Waals surface area contributed by atoms with E-state index in [2.05, 4.69) is 9.89 Å². The zero-order valence-corrected chi connectivity index (χ0v) is 23.3. The number of ether oxygens (including phenoxy) is 1. The molecule has 0 unspecified atom stereocenters. The number of piperidine rings is 2. The van der Waals surface area contributed by atoms with Crippen LogP contribution in [0.4, 0.5) is 9.18 Å². The van der Waals surface area contributed by atoms with Gasteiger partial charge in [-0.15, -0.1) is 4.78 Å². The summed E-state index contributed by atoms with van der Waals surface area (Å²) in [5, 5.41) is 1.50. The van der Waals surface area contributed by atoms with Crippen LogP contribution >= 0.6 is 19.5 Å². The number of hydrogen-bond donors (Lipinski definition) is 2. The summed E-state index contributed by atoms with van der Waals surface area (Å²) in [7, 11) is -4.58. The van der Waals surface area contributed by atoms with Gasteiger partial charge in [0.2, 0.25) is 0 Å². The zero-order valence-electron chi connectivity index (χ0n) is 21.6. The van der Waals surface area contributed by atoms with Crippen LogP contribution in [0.15, 0.2) is 28.1 Å². The number of rotatable bonds is 4. The van der Waals surface area contributed by atoms with Gasteiger partial charge in [0.1, 0.15) is 11.6 Å². The van der Waals surface area contributed by atoms with Gasteiger partial charge in [0.05, 0.1) is 4.91 Å².